The molecule has 2 N–H and O–H groups in total. The van der Waals surface area contributed by atoms with Gasteiger partial charge in [0.05, 0.1) is 6.61 Å². The first kappa shape index (κ1) is 8.49. The van der Waals surface area contributed by atoms with Gasteiger partial charge in [0.15, 0.2) is 6.10 Å². The van der Waals surface area contributed by atoms with Crippen LogP contribution < -0.4 is 5.73 Å². The van der Waals surface area contributed by atoms with E-state index in [0.717, 1.165) is 6.54 Å². The molecule has 1 fully saturated rings. The third-order valence-corrected chi connectivity index (χ3v) is 2.16. The van der Waals surface area contributed by atoms with Crippen molar-refractivity contribution in [3.8, 4) is 0 Å². The Balaban J connectivity index is 2.58. The van der Waals surface area contributed by atoms with Crippen molar-refractivity contribution in [3.63, 3.8) is 0 Å². The fourth-order valence-corrected chi connectivity index (χ4v) is 1.22. The van der Waals surface area contributed by atoms with Gasteiger partial charge in [0.1, 0.15) is 0 Å². The third kappa shape index (κ3) is 1.70. The van der Waals surface area contributed by atoms with Crippen LogP contribution in [0, 0.1) is 0 Å². The average Bonchev–Trinajstić information content (AvgIpc) is 1.94. The van der Waals surface area contributed by atoms with Crippen molar-refractivity contribution < 1.29 is 9.53 Å². The molecule has 1 heterocycles. The van der Waals surface area contributed by atoms with Crippen LogP contribution in [0.5, 0.6) is 0 Å². The first-order valence-electron chi connectivity index (χ1n) is 3.74. The quantitative estimate of drug-likeness (QED) is 0.543. The molecule has 0 aromatic rings. The second-order valence-corrected chi connectivity index (χ2v) is 2.91. The van der Waals surface area contributed by atoms with E-state index in [4.69, 9.17) is 10.5 Å². The van der Waals surface area contributed by atoms with E-state index in [1.807, 2.05) is 14.0 Å². The summed E-state index contributed by atoms with van der Waals surface area (Å²) in [6, 6.07) is 0.0984. The maximum Gasteiger partial charge on any atom is 0.248 e. The van der Waals surface area contributed by atoms with Gasteiger partial charge in [-0.15, -0.1) is 0 Å². The fraction of sp³-hybridized carbons (Fsp3) is 0.857. The molecular formula is C7H14N2O2. The van der Waals surface area contributed by atoms with Crippen LogP contribution in [0.2, 0.25) is 0 Å². The minimum absolute atomic E-state index is 0.0984. The van der Waals surface area contributed by atoms with Crippen molar-refractivity contribution in [2.45, 2.75) is 19.1 Å². The molecule has 4 heteroatoms. The smallest absolute Gasteiger partial charge is 0.248 e. The first-order chi connectivity index (χ1) is 5.13. The molecule has 0 saturated carbocycles. The molecular weight excluding hydrogens is 144 g/mol. The number of rotatable bonds is 1. The summed E-state index contributed by atoms with van der Waals surface area (Å²) >= 11 is 0. The van der Waals surface area contributed by atoms with Crippen LogP contribution in [0.3, 0.4) is 0 Å². The summed E-state index contributed by atoms with van der Waals surface area (Å²) in [7, 11) is 1.96. The molecule has 0 unspecified atom stereocenters. The molecule has 0 aromatic heterocycles. The predicted octanol–water partition coefficient (Wildman–Crippen LogP) is -0.809. The summed E-state index contributed by atoms with van der Waals surface area (Å²) in [4.78, 5) is 12.8. The SMILES string of the molecule is C[C@H]1[C@H](C(N)=O)OCCN1C. The third-order valence-electron chi connectivity index (χ3n) is 2.16. The van der Waals surface area contributed by atoms with Crippen LogP contribution in [0.15, 0.2) is 0 Å². The van der Waals surface area contributed by atoms with Gasteiger partial charge in [-0.05, 0) is 14.0 Å². The maximum absolute atomic E-state index is 10.8. The van der Waals surface area contributed by atoms with Gasteiger partial charge in [0.25, 0.3) is 0 Å². The van der Waals surface area contributed by atoms with Gasteiger partial charge in [-0.25, -0.2) is 0 Å². The number of nitrogens with two attached hydrogens (primary N) is 1. The monoisotopic (exact) mass is 158 g/mol. The molecule has 2 atom stereocenters. The Morgan fingerprint density at radius 1 is 1.73 bits per heavy atom. The number of amides is 1. The van der Waals surface area contributed by atoms with Crippen LogP contribution in [0.4, 0.5) is 0 Å². The number of nitrogens with zero attached hydrogens (tertiary/aromatic N) is 1. The van der Waals surface area contributed by atoms with Crippen molar-refractivity contribution in [3.05, 3.63) is 0 Å². The molecule has 1 aliphatic heterocycles. The highest BCUT2D eigenvalue weighted by Crippen LogP contribution is 2.10. The molecule has 0 spiro atoms. The zero-order valence-corrected chi connectivity index (χ0v) is 6.91. The molecule has 0 aliphatic carbocycles. The fourth-order valence-electron chi connectivity index (χ4n) is 1.22. The number of ether oxygens (including phenoxy) is 1. The van der Waals surface area contributed by atoms with Gasteiger partial charge < -0.3 is 10.5 Å². The number of carbonyl (C=O) groups excluding carboxylic acids is 1. The van der Waals surface area contributed by atoms with E-state index in [2.05, 4.69) is 4.90 Å². The van der Waals surface area contributed by atoms with E-state index in [9.17, 15) is 4.79 Å². The first-order valence-corrected chi connectivity index (χ1v) is 3.74. The Morgan fingerprint density at radius 3 is 2.82 bits per heavy atom. The van der Waals surface area contributed by atoms with E-state index in [1.165, 1.54) is 0 Å². The topological polar surface area (TPSA) is 55.6 Å². The summed E-state index contributed by atoms with van der Waals surface area (Å²) in [6.07, 6.45) is -0.436. The Morgan fingerprint density at radius 2 is 2.36 bits per heavy atom. The zero-order chi connectivity index (χ0) is 8.43. The van der Waals surface area contributed by atoms with Crippen LogP contribution >= 0.6 is 0 Å². The Hall–Kier alpha value is -0.610. The zero-order valence-electron chi connectivity index (χ0n) is 6.91. The molecule has 1 amide bonds. The Bertz CT molecular complexity index is 161. The van der Waals surface area contributed by atoms with Crippen molar-refractivity contribution in [2.75, 3.05) is 20.2 Å². The molecule has 0 aromatic carbocycles. The molecule has 4 nitrogen and oxygen atoms in total. The summed E-state index contributed by atoms with van der Waals surface area (Å²) in [5.41, 5.74) is 5.13. The normalized spacial score (nSPS) is 33.6. The van der Waals surface area contributed by atoms with Gasteiger partial charge in [-0.2, -0.15) is 0 Å². The van der Waals surface area contributed by atoms with E-state index >= 15 is 0 Å². The van der Waals surface area contributed by atoms with Crippen molar-refractivity contribution >= 4 is 5.91 Å². The highest BCUT2D eigenvalue weighted by atomic mass is 16.5. The summed E-state index contributed by atoms with van der Waals surface area (Å²) in [6.45, 7) is 3.40. The molecule has 0 bridgehead atoms. The van der Waals surface area contributed by atoms with Gasteiger partial charge in [0.2, 0.25) is 5.91 Å². The van der Waals surface area contributed by atoms with Gasteiger partial charge in [0, 0.05) is 12.6 Å². The van der Waals surface area contributed by atoms with Crippen LogP contribution in [-0.4, -0.2) is 43.2 Å². The lowest BCUT2D eigenvalue weighted by molar-refractivity contribution is -0.139. The number of primary amides is 1. The maximum atomic E-state index is 10.8. The lowest BCUT2D eigenvalue weighted by Gasteiger charge is -2.34. The molecule has 11 heavy (non-hydrogen) atoms. The van der Waals surface area contributed by atoms with Gasteiger partial charge in [-0.3, -0.25) is 9.69 Å². The molecule has 1 aliphatic rings. The predicted molar refractivity (Wildman–Crippen MR) is 41.0 cm³/mol. The van der Waals surface area contributed by atoms with Crippen LogP contribution in [0.1, 0.15) is 6.92 Å². The average molecular weight is 158 g/mol. The lowest BCUT2D eigenvalue weighted by Crippen LogP contribution is -2.53. The molecule has 0 radical (unpaired) electrons. The van der Waals surface area contributed by atoms with Crippen molar-refractivity contribution in [1.82, 2.24) is 4.90 Å². The van der Waals surface area contributed by atoms with Crippen LogP contribution in [0.25, 0.3) is 0 Å². The van der Waals surface area contributed by atoms with E-state index in [1.54, 1.807) is 0 Å². The van der Waals surface area contributed by atoms with Gasteiger partial charge in [-0.1, -0.05) is 0 Å². The summed E-state index contributed by atoms with van der Waals surface area (Å²) < 4.78 is 5.21. The number of carbonyl (C=O) groups is 1. The highest BCUT2D eigenvalue weighted by molar-refractivity contribution is 5.79. The van der Waals surface area contributed by atoms with E-state index in [0.29, 0.717) is 6.61 Å². The molecule has 1 rings (SSSR count). The number of hydrogen-bond donors (Lipinski definition) is 1. The number of hydrogen-bond acceptors (Lipinski definition) is 3. The standard InChI is InChI=1S/C7H14N2O2/c1-5-6(7(8)10)11-4-3-9(5)2/h5-6H,3-4H2,1-2H3,(H2,8,10)/t5-,6+/m0/s1. The Kier molecular flexibility index (Phi) is 2.46. The minimum atomic E-state index is -0.436. The van der Waals surface area contributed by atoms with Crippen molar-refractivity contribution in [2.24, 2.45) is 5.73 Å². The second-order valence-electron chi connectivity index (χ2n) is 2.91. The highest BCUT2D eigenvalue weighted by Gasteiger charge is 2.30. The van der Waals surface area contributed by atoms with E-state index < -0.39 is 6.10 Å². The van der Waals surface area contributed by atoms with Crippen molar-refractivity contribution in [1.29, 1.82) is 0 Å². The summed E-state index contributed by atoms with van der Waals surface area (Å²) in [5, 5.41) is 0. The number of morpholine rings is 1. The summed E-state index contributed by atoms with van der Waals surface area (Å²) in [5.74, 6) is -0.371. The second kappa shape index (κ2) is 3.19. The molecule has 1 saturated heterocycles. The molecule has 64 valence electrons. The van der Waals surface area contributed by atoms with Crippen LogP contribution in [-0.2, 0) is 9.53 Å². The number of likely N-dealkylation sites (N-methyl/N-ethyl adjacent to an activating group) is 1. The Labute approximate surface area is 66.3 Å². The lowest BCUT2D eigenvalue weighted by atomic mass is 10.1. The van der Waals surface area contributed by atoms with E-state index in [-0.39, 0.29) is 11.9 Å². The van der Waals surface area contributed by atoms with Gasteiger partial charge >= 0.3 is 0 Å². The largest absolute Gasteiger partial charge is 0.367 e. The minimum Gasteiger partial charge on any atom is -0.367 e.